The number of carbonyl (C=O) groups is 1. The Morgan fingerprint density at radius 3 is 2.58 bits per heavy atom. The van der Waals surface area contributed by atoms with Gasteiger partial charge in [-0.2, -0.15) is 4.37 Å². The van der Waals surface area contributed by atoms with Crippen molar-refractivity contribution in [2.75, 3.05) is 42.9 Å². The van der Waals surface area contributed by atoms with Gasteiger partial charge >= 0.3 is 0 Å². The van der Waals surface area contributed by atoms with Crippen molar-refractivity contribution in [2.24, 2.45) is 5.73 Å². The van der Waals surface area contributed by atoms with Gasteiger partial charge in [-0.15, -0.1) is 0 Å². The largest absolute Gasteiger partial charge is 0.344 e. The molecule has 10 heteroatoms. The Kier molecular flexibility index (Phi) is 6.80. The predicted molar refractivity (Wildman–Crippen MR) is 121 cm³/mol. The number of hydrogen-bond acceptors (Lipinski definition) is 9. The van der Waals surface area contributed by atoms with Gasteiger partial charge in [-0.05, 0) is 18.6 Å². The highest BCUT2D eigenvalue weighted by atomic mass is 32.1. The molecule has 0 radical (unpaired) electrons. The van der Waals surface area contributed by atoms with Crippen LogP contribution in [0.2, 0.25) is 0 Å². The summed E-state index contributed by atoms with van der Waals surface area (Å²) in [6.45, 7) is 5.86. The normalized spacial score (nSPS) is 15.6. The molecule has 1 fully saturated rings. The second-order valence-corrected chi connectivity index (χ2v) is 8.34. The van der Waals surface area contributed by atoms with Crippen LogP contribution in [0.5, 0.6) is 0 Å². The van der Waals surface area contributed by atoms with Crippen LogP contribution in [0.4, 0.5) is 11.1 Å². The van der Waals surface area contributed by atoms with E-state index in [1.807, 2.05) is 0 Å². The minimum Gasteiger partial charge on any atom is -0.344 e. The highest BCUT2D eigenvalue weighted by Crippen LogP contribution is 2.20. The van der Waals surface area contributed by atoms with E-state index in [0.717, 1.165) is 43.6 Å². The molecule has 1 amide bonds. The predicted octanol–water partition coefficient (Wildman–Crippen LogP) is 1.32. The molecule has 0 spiro atoms. The summed E-state index contributed by atoms with van der Waals surface area (Å²) in [7, 11) is 0. The van der Waals surface area contributed by atoms with Crippen LogP contribution in [-0.4, -0.2) is 68.9 Å². The quantitative estimate of drug-likeness (QED) is 0.568. The molecule has 0 bridgehead atoms. The second kappa shape index (κ2) is 9.90. The van der Waals surface area contributed by atoms with Crippen molar-refractivity contribution in [1.29, 1.82) is 0 Å². The van der Waals surface area contributed by atoms with Gasteiger partial charge in [-0.25, -0.2) is 15.0 Å². The molecule has 2 aromatic heterocycles. The molecule has 1 aliphatic heterocycles. The van der Waals surface area contributed by atoms with Crippen molar-refractivity contribution in [3.63, 3.8) is 0 Å². The molecule has 1 saturated heterocycles. The molecule has 3 heterocycles. The number of aryl methyl sites for hydroxylation is 1. The molecule has 0 saturated carbocycles. The molecule has 4 rings (SSSR count). The van der Waals surface area contributed by atoms with Gasteiger partial charge in [0.05, 0.1) is 6.04 Å². The summed E-state index contributed by atoms with van der Waals surface area (Å²) in [5.74, 6) is 0.845. The third-order valence-electron chi connectivity index (χ3n) is 5.18. The molecule has 1 unspecified atom stereocenters. The van der Waals surface area contributed by atoms with Crippen LogP contribution in [0.3, 0.4) is 0 Å². The molecule has 1 aliphatic rings. The number of nitrogens with zero attached hydrogens (tertiary/aromatic N) is 6. The summed E-state index contributed by atoms with van der Waals surface area (Å²) >= 11 is 1.44. The SMILES string of the molecule is Cc1ccc(Cc2nsc(N3CCN(CC(N)C(=O)Nc4ncccn4)CC3)n2)cc1. The lowest BCUT2D eigenvalue weighted by atomic mass is 10.1. The van der Waals surface area contributed by atoms with Crippen LogP contribution in [0.25, 0.3) is 0 Å². The molecule has 0 aliphatic carbocycles. The lowest BCUT2D eigenvalue weighted by Gasteiger charge is -2.35. The lowest BCUT2D eigenvalue weighted by Crippen LogP contribution is -2.52. The van der Waals surface area contributed by atoms with Gasteiger partial charge in [0.2, 0.25) is 17.0 Å². The maximum absolute atomic E-state index is 12.3. The Morgan fingerprint density at radius 2 is 1.87 bits per heavy atom. The van der Waals surface area contributed by atoms with E-state index in [2.05, 4.69) is 60.6 Å². The topological polar surface area (TPSA) is 113 Å². The summed E-state index contributed by atoms with van der Waals surface area (Å²) in [5, 5.41) is 3.60. The zero-order valence-electron chi connectivity index (χ0n) is 17.4. The standard InChI is InChI=1S/C21H26N8OS/c1-15-3-5-16(6-4-15)13-18-25-21(31-27-18)29-11-9-28(10-12-29)14-17(22)19(30)26-20-23-7-2-8-24-20/h2-8,17H,9-14,22H2,1H3,(H,23,24,26,30). The van der Waals surface area contributed by atoms with Crippen LogP contribution in [0.1, 0.15) is 17.0 Å². The summed E-state index contributed by atoms with van der Waals surface area (Å²) in [5.41, 5.74) is 8.55. The Bertz CT molecular complexity index is 986. The van der Waals surface area contributed by atoms with E-state index < -0.39 is 6.04 Å². The molecule has 3 N–H and O–H groups in total. The van der Waals surface area contributed by atoms with Crippen molar-refractivity contribution in [3.8, 4) is 0 Å². The Hall–Kier alpha value is -2.95. The number of nitrogens with two attached hydrogens (primary N) is 1. The van der Waals surface area contributed by atoms with Crippen molar-refractivity contribution in [3.05, 3.63) is 59.7 Å². The summed E-state index contributed by atoms with van der Waals surface area (Å²) in [4.78, 5) is 29.4. The number of carbonyl (C=O) groups excluding carboxylic acids is 1. The van der Waals surface area contributed by atoms with E-state index in [1.54, 1.807) is 18.5 Å². The molecule has 162 valence electrons. The fourth-order valence-corrected chi connectivity index (χ4v) is 4.12. The third kappa shape index (κ3) is 5.81. The minimum absolute atomic E-state index is 0.269. The van der Waals surface area contributed by atoms with Gasteiger partial charge in [-0.3, -0.25) is 15.0 Å². The average molecular weight is 439 g/mol. The zero-order valence-corrected chi connectivity index (χ0v) is 18.3. The van der Waals surface area contributed by atoms with E-state index in [4.69, 9.17) is 10.7 Å². The van der Waals surface area contributed by atoms with Gasteiger partial charge in [0.1, 0.15) is 5.82 Å². The van der Waals surface area contributed by atoms with Crippen molar-refractivity contribution >= 4 is 28.5 Å². The first-order chi connectivity index (χ1) is 15.1. The average Bonchev–Trinajstić information content (AvgIpc) is 3.25. The van der Waals surface area contributed by atoms with Crippen LogP contribution in [0, 0.1) is 6.92 Å². The maximum Gasteiger partial charge on any atom is 0.244 e. The number of rotatable bonds is 7. The van der Waals surface area contributed by atoms with Crippen molar-refractivity contribution in [1.82, 2.24) is 24.2 Å². The number of hydrogen-bond donors (Lipinski definition) is 2. The van der Waals surface area contributed by atoms with Gasteiger partial charge in [0.15, 0.2) is 0 Å². The van der Waals surface area contributed by atoms with E-state index in [-0.39, 0.29) is 11.9 Å². The van der Waals surface area contributed by atoms with E-state index in [0.29, 0.717) is 6.54 Å². The summed E-state index contributed by atoms with van der Waals surface area (Å²) in [6.07, 6.45) is 3.89. The number of nitrogens with one attached hydrogen (secondary N) is 1. The van der Waals surface area contributed by atoms with Crippen molar-refractivity contribution < 1.29 is 4.79 Å². The first kappa shape index (κ1) is 21.3. The number of aromatic nitrogens is 4. The molecule has 1 atom stereocenters. The zero-order chi connectivity index (χ0) is 21.6. The Balaban J connectivity index is 1.24. The minimum atomic E-state index is -0.641. The van der Waals surface area contributed by atoms with Crippen LogP contribution < -0.4 is 16.0 Å². The first-order valence-electron chi connectivity index (χ1n) is 10.3. The monoisotopic (exact) mass is 438 g/mol. The number of benzene rings is 1. The number of anilines is 2. The third-order valence-corrected chi connectivity index (χ3v) is 5.99. The van der Waals surface area contributed by atoms with Crippen molar-refractivity contribution in [2.45, 2.75) is 19.4 Å². The smallest absolute Gasteiger partial charge is 0.244 e. The number of amides is 1. The highest BCUT2D eigenvalue weighted by Gasteiger charge is 2.24. The van der Waals surface area contributed by atoms with Gasteiger partial charge < -0.3 is 10.6 Å². The second-order valence-electron chi connectivity index (χ2n) is 7.61. The Labute approximate surface area is 185 Å². The molecule has 1 aromatic carbocycles. The number of piperazine rings is 1. The van der Waals surface area contributed by atoms with Gasteiger partial charge in [0, 0.05) is 63.1 Å². The molecule has 9 nitrogen and oxygen atoms in total. The molecule has 31 heavy (non-hydrogen) atoms. The fraction of sp³-hybridized carbons (Fsp3) is 0.381. The van der Waals surface area contributed by atoms with Crippen LogP contribution in [-0.2, 0) is 11.2 Å². The molecular weight excluding hydrogens is 412 g/mol. The van der Waals surface area contributed by atoms with Gasteiger partial charge in [-0.1, -0.05) is 29.8 Å². The van der Waals surface area contributed by atoms with Gasteiger partial charge in [0.25, 0.3) is 0 Å². The van der Waals surface area contributed by atoms with E-state index in [9.17, 15) is 4.79 Å². The lowest BCUT2D eigenvalue weighted by molar-refractivity contribution is -0.117. The molecule has 3 aromatic rings. The maximum atomic E-state index is 12.3. The Morgan fingerprint density at radius 1 is 1.16 bits per heavy atom. The van der Waals surface area contributed by atoms with Crippen LogP contribution in [0.15, 0.2) is 42.7 Å². The highest BCUT2D eigenvalue weighted by molar-refractivity contribution is 7.09. The summed E-state index contributed by atoms with van der Waals surface area (Å²) < 4.78 is 4.53. The van der Waals surface area contributed by atoms with Crippen LogP contribution >= 0.6 is 11.5 Å². The van der Waals surface area contributed by atoms with E-state index >= 15 is 0 Å². The van der Waals surface area contributed by atoms with E-state index in [1.165, 1.54) is 22.7 Å². The first-order valence-corrected chi connectivity index (χ1v) is 11.0. The fourth-order valence-electron chi connectivity index (χ4n) is 3.38. The summed E-state index contributed by atoms with van der Waals surface area (Å²) in [6, 6.07) is 9.52. The molecular formula is C21H26N8OS.